The molecule has 4 atom stereocenters. The number of carbonyl (C=O) groups is 1. The maximum atomic E-state index is 15.9. The normalized spacial score (nSPS) is 25.2. The first kappa shape index (κ1) is 28.4. The van der Waals surface area contributed by atoms with Crippen LogP contribution in [0.1, 0.15) is 33.1 Å². The van der Waals surface area contributed by atoms with Gasteiger partial charge in [-0.15, -0.1) is 5.10 Å². The van der Waals surface area contributed by atoms with E-state index in [1.54, 1.807) is 24.9 Å². The number of alkyl halides is 1. The summed E-state index contributed by atoms with van der Waals surface area (Å²) in [5, 5.41) is 17.5. The minimum Gasteiger partial charge on any atom is -0.480 e. The highest BCUT2D eigenvalue weighted by atomic mass is 19.1. The van der Waals surface area contributed by atoms with E-state index in [1.165, 1.54) is 49.8 Å². The van der Waals surface area contributed by atoms with Gasteiger partial charge in [0.25, 0.3) is 0 Å². The molecular formula is C28H32F2N6O5. The Morgan fingerprint density at radius 3 is 2.59 bits per heavy atom. The van der Waals surface area contributed by atoms with Crippen LogP contribution in [-0.4, -0.2) is 87.6 Å². The molecule has 1 amide bonds. The monoisotopic (exact) mass is 570 g/mol. The third-order valence-electron chi connectivity index (χ3n) is 8.32. The van der Waals surface area contributed by atoms with E-state index in [0.717, 1.165) is 0 Å². The summed E-state index contributed by atoms with van der Waals surface area (Å²) in [5.41, 5.74) is -0.480. The molecular weight excluding hydrogens is 538 g/mol. The van der Waals surface area contributed by atoms with Crippen molar-refractivity contribution in [3.8, 4) is 34.0 Å². The molecule has 1 aromatic carbocycles. The van der Waals surface area contributed by atoms with Crippen LogP contribution in [0.15, 0.2) is 36.8 Å². The Kier molecular flexibility index (Phi) is 7.41. The fraction of sp³-hybridized carbons (Fsp3) is 0.464. The van der Waals surface area contributed by atoms with Crippen molar-refractivity contribution >= 4 is 11.9 Å². The van der Waals surface area contributed by atoms with Crippen molar-refractivity contribution in [1.82, 2.24) is 25.1 Å². The smallest absolute Gasteiger partial charge is 0.408 e. The molecule has 2 bridgehead atoms. The van der Waals surface area contributed by atoms with Crippen molar-refractivity contribution in [2.45, 2.75) is 56.4 Å². The van der Waals surface area contributed by atoms with Gasteiger partial charge in [-0.2, -0.15) is 5.10 Å². The number of nitrogens with zero attached hydrogens (tertiary/aromatic N) is 6. The number of benzene rings is 1. The molecule has 0 spiro atoms. The maximum absolute atomic E-state index is 15.9. The highest BCUT2D eigenvalue weighted by Gasteiger charge is 2.63. The number of halogens is 2. The molecule has 218 valence electrons. The molecule has 0 aliphatic carbocycles. The summed E-state index contributed by atoms with van der Waals surface area (Å²) in [6.07, 6.45) is 3.17. The number of hydrogen-bond donors (Lipinski definition) is 1. The second kappa shape index (κ2) is 10.7. The lowest BCUT2D eigenvalue weighted by atomic mass is 9.80. The van der Waals surface area contributed by atoms with Crippen LogP contribution in [-0.2, 0) is 4.74 Å². The fourth-order valence-electron chi connectivity index (χ4n) is 6.19. The average molecular weight is 571 g/mol. The summed E-state index contributed by atoms with van der Waals surface area (Å²) >= 11 is 0. The maximum Gasteiger partial charge on any atom is 0.408 e. The van der Waals surface area contributed by atoms with Crippen LogP contribution in [0.4, 0.5) is 19.4 Å². The zero-order valence-electron chi connectivity index (χ0n) is 23.5. The molecule has 3 aromatic rings. The lowest BCUT2D eigenvalue weighted by molar-refractivity contribution is -0.0380. The van der Waals surface area contributed by atoms with Crippen LogP contribution in [0.25, 0.3) is 22.4 Å². The summed E-state index contributed by atoms with van der Waals surface area (Å²) < 4.78 is 47.2. The zero-order valence-corrected chi connectivity index (χ0v) is 23.5. The van der Waals surface area contributed by atoms with Crippen LogP contribution in [0.3, 0.4) is 0 Å². The summed E-state index contributed by atoms with van der Waals surface area (Å²) in [5.74, 6) is 0.390. The molecule has 2 aromatic heterocycles. The van der Waals surface area contributed by atoms with Crippen molar-refractivity contribution in [1.29, 1.82) is 0 Å². The van der Waals surface area contributed by atoms with Gasteiger partial charge in [0.15, 0.2) is 6.79 Å². The van der Waals surface area contributed by atoms with Gasteiger partial charge in [-0.25, -0.2) is 18.6 Å². The van der Waals surface area contributed by atoms with Crippen LogP contribution in [0, 0.1) is 5.82 Å². The zero-order chi connectivity index (χ0) is 29.5. The molecule has 11 nitrogen and oxygen atoms in total. The Balaban J connectivity index is 1.45. The second-order valence-electron chi connectivity index (χ2n) is 10.9. The van der Waals surface area contributed by atoms with E-state index in [0.29, 0.717) is 47.7 Å². The van der Waals surface area contributed by atoms with Crippen molar-refractivity contribution in [2.75, 3.05) is 33.0 Å². The van der Waals surface area contributed by atoms with Crippen LogP contribution in [0.5, 0.6) is 11.6 Å². The topological polar surface area (TPSA) is 123 Å². The predicted molar refractivity (Wildman–Crippen MR) is 145 cm³/mol. The second-order valence-corrected chi connectivity index (χ2v) is 10.9. The van der Waals surface area contributed by atoms with Crippen molar-refractivity contribution in [3.63, 3.8) is 0 Å². The SMILES string of the molecule is COCOc1cc(-c2cnnc(OC)c2)c(F)cc1-c1cnc(N(C)[C@@H]2C[C@@]3(C)CC[C@@](C)([C@@H]2F)N3C(=O)O)cn1. The van der Waals surface area contributed by atoms with Gasteiger partial charge in [-0.1, -0.05) is 0 Å². The van der Waals surface area contributed by atoms with Crippen molar-refractivity contribution in [3.05, 3.63) is 42.6 Å². The van der Waals surface area contributed by atoms with Gasteiger partial charge in [-0.05, 0) is 45.2 Å². The molecule has 2 aliphatic heterocycles. The van der Waals surface area contributed by atoms with Crippen molar-refractivity contribution < 1.29 is 32.9 Å². The summed E-state index contributed by atoms with van der Waals surface area (Å²) in [6, 6.07) is 3.76. The summed E-state index contributed by atoms with van der Waals surface area (Å²) in [6.45, 7) is 3.45. The predicted octanol–water partition coefficient (Wildman–Crippen LogP) is 4.57. The van der Waals surface area contributed by atoms with Gasteiger partial charge in [0.2, 0.25) is 5.88 Å². The molecule has 0 unspecified atom stereocenters. The summed E-state index contributed by atoms with van der Waals surface area (Å²) in [4.78, 5) is 24.0. The van der Waals surface area contributed by atoms with E-state index in [9.17, 15) is 9.90 Å². The third-order valence-corrected chi connectivity index (χ3v) is 8.32. The third kappa shape index (κ3) is 4.88. The van der Waals surface area contributed by atoms with Gasteiger partial charge in [-0.3, -0.25) is 9.88 Å². The number of aromatic nitrogens is 4. The van der Waals surface area contributed by atoms with Gasteiger partial charge in [0.05, 0.1) is 43.0 Å². The minimum atomic E-state index is -1.43. The molecule has 5 rings (SSSR count). The van der Waals surface area contributed by atoms with Gasteiger partial charge >= 0.3 is 6.09 Å². The molecule has 13 heteroatoms. The minimum absolute atomic E-state index is 0.0886. The standard InChI is InChI=1S/C28H32F2N6O5/c1-27-6-7-28(2,36(27)26(37)38)25(30)21(11-27)35(3)23-14-31-20(13-32-23)18-9-19(29)17(10-22(18)41-15-39-4)16-8-24(40-5)34-33-12-16/h8-10,12-14,21,25H,6-7,11,15H2,1-5H3,(H,37,38)/t21-,25-,27-,28+/m1/s1. The first-order chi connectivity index (χ1) is 19.5. The molecule has 41 heavy (non-hydrogen) atoms. The van der Waals surface area contributed by atoms with E-state index >= 15 is 8.78 Å². The first-order valence-electron chi connectivity index (χ1n) is 13.1. The van der Waals surface area contributed by atoms with Crippen molar-refractivity contribution in [2.24, 2.45) is 0 Å². The molecule has 2 saturated heterocycles. The van der Waals surface area contributed by atoms with Gasteiger partial charge in [0, 0.05) is 42.5 Å². The Bertz CT molecular complexity index is 1450. The van der Waals surface area contributed by atoms with Crippen LogP contribution >= 0.6 is 0 Å². The Labute approximate surface area is 236 Å². The molecule has 2 fully saturated rings. The Morgan fingerprint density at radius 2 is 1.93 bits per heavy atom. The highest BCUT2D eigenvalue weighted by molar-refractivity contribution is 5.75. The van der Waals surface area contributed by atoms with E-state index in [-0.39, 0.29) is 18.2 Å². The lowest BCUT2D eigenvalue weighted by Gasteiger charge is -2.53. The largest absolute Gasteiger partial charge is 0.480 e. The lowest BCUT2D eigenvalue weighted by Crippen LogP contribution is -2.68. The number of rotatable bonds is 8. The number of hydrogen-bond acceptors (Lipinski definition) is 9. The molecule has 1 N–H and O–H groups in total. The van der Waals surface area contributed by atoms with Gasteiger partial charge in [0.1, 0.15) is 23.6 Å². The molecule has 0 saturated carbocycles. The quantitative estimate of drug-likeness (QED) is 0.385. The fourth-order valence-corrected chi connectivity index (χ4v) is 6.19. The van der Waals surface area contributed by atoms with E-state index in [1.807, 2.05) is 6.92 Å². The number of fused-ring (bicyclic) bond motifs is 2. The number of ether oxygens (including phenoxy) is 3. The summed E-state index contributed by atoms with van der Waals surface area (Å²) in [7, 11) is 4.64. The number of methoxy groups -OCH3 is 2. The Hall–Kier alpha value is -4.13. The average Bonchev–Trinajstić information content (AvgIpc) is 3.20. The van der Waals surface area contributed by atoms with E-state index < -0.39 is 35.2 Å². The first-order valence-corrected chi connectivity index (χ1v) is 13.1. The van der Waals surface area contributed by atoms with E-state index in [4.69, 9.17) is 14.2 Å². The molecule has 2 aliphatic rings. The number of carboxylic acid groups (broad SMARTS) is 1. The molecule has 4 heterocycles. The molecule has 0 radical (unpaired) electrons. The van der Waals surface area contributed by atoms with E-state index in [2.05, 4.69) is 20.2 Å². The number of anilines is 1. The highest BCUT2D eigenvalue weighted by Crippen LogP contribution is 2.52. The van der Waals surface area contributed by atoms with Crippen LogP contribution < -0.4 is 14.4 Å². The number of piperidine rings is 1. The Morgan fingerprint density at radius 1 is 1.15 bits per heavy atom. The number of amides is 1. The van der Waals surface area contributed by atoms with Crippen LogP contribution in [0.2, 0.25) is 0 Å². The van der Waals surface area contributed by atoms with Gasteiger partial charge < -0.3 is 24.2 Å².